The van der Waals surface area contributed by atoms with E-state index < -0.39 is 5.41 Å². The lowest BCUT2D eigenvalue weighted by Gasteiger charge is -2.33. The van der Waals surface area contributed by atoms with Gasteiger partial charge >= 0.3 is 0 Å². The minimum Gasteiger partial charge on any atom is -0.351 e. The third kappa shape index (κ3) is 5.96. The number of anilines is 1. The van der Waals surface area contributed by atoms with Crippen LogP contribution in [0.1, 0.15) is 57.6 Å². The van der Waals surface area contributed by atoms with E-state index in [9.17, 15) is 9.59 Å². The second-order valence-corrected chi connectivity index (χ2v) is 11.0. The molecule has 1 aliphatic heterocycles. The van der Waals surface area contributed by atoms with Gasteiger partial charge in [-0.1, -0.05) is 35.9 Å². The number of piperidine rings is 1. The molecule has 4 rings (SSSR count). The highest BCUT2D eigenvalue weighted by molar-refractivity contribution is 6.30. The van der Waals surface area contributed by atoms with Crippen LogP contribution in [0, 0.1) is 5.92 Å². The van der Waals surface area contributed by atoms with Crippen LogP contribution < -0.4 is 10.6 Å². The van der Waals surface area contributed by atoms with Crippen LogP contribution in [0.5, 0.6) is 0 Å². The Balaban J connectivity index is 1.32. The fourth-order valence-corrected chi connectivity index (χ4v) is 4.75. The zero-order chi connectivity index (χ0) is 23.6. The summed E-state index contributed by atoms with van der Waals surface area (Å²) in [5, 5.41) is 6.92. The van der Waals surface area contributed by atoms with Gasteiger partial charge in [-0.15, -0.1) is 0 Å². The normalized spacial score (nSPS) is 18.5. The minimum atomic E-state index is -0.434. The molecule has 0 bridgehead atoms. The zero-order valence-electron chi connectivity index (χ0n) is 19.8. The monoisotopic (exact) mass is 467 g/mol. The standard InChI is InChI=1S/C27H34ClN3O2/c1-26(2,3)30-24(32)20-11-15-31(16-12-20)18-19-5-4-6-23(17-19)29-25(33)27(13-14-27)21-7-9-22(28)10-8-21/h4-10,17,20H,11-16,18H2,1-3H3,(H,29,33)(H,30,32). The molecule has 0 aromatic heterocycles. The lowest BCUT2D eigenvalue weighted by atomic mass is 9.94. The first-order valence-corrected chi connectivity index (χ1v) is 12.2. The zero-order valence-corrected chi connectivity index (χ0v) is 20.5. The molecule has 2 N–H and O–H groups in total. The number of nitrogens with zero attached hydrogens (tertiary/aromatic N) is 1. The van der Waals surface area contributed by atoms with Crippen molar-refractivity contribution < 1.29 is 9.59 Å². The highest BCUT2D eigenvalue weighted by Gasteiger charge is 2.51. The van der Waals surface area contributed by atoms with E-state index in [4.69, 9.17) is 11.6 Å². The van der Waals surface area contributed by atoms with Crippen LogP contribution in [-0.4, -0.2) is 35.3 Å². The van der Waals surface area contributed by atoms with E-state index in [-0.39, 0.29) is 23.3 Å². The van der Waals surface area contributed by atoms with E-state index in [2.05, 4.69) is 27.7 Å². The predicted octanol–water partition coefficient (Wildman–Crippen LogP) is 5.14. The van der Waals surface area contributed by atoms with Crippen molar-refractivity contribution >= 4 is 29.1 Å². The van der Waals surface area contributed by atoms with E-state index in [0.717, 1.165) is 56.6 Å². The van der Waals surface area contributed by atoms with Crippen LogP contribution >= 0.6 is 11.6 Å². The summed E-state index contributed by atoms with van der Waals surface area (Å²) in [5.41, 5.74) is 2.40. The molecule has 2 fully saturated rings. The van der Waals surface area contributed by atoms with Crippen LogP contribution in [0.15, 0.2) is 48.5 Å². The number of nitrogens with one attached hydrogen (secondary N) is 2. The van der Waals surface area contributed by atoms with Gasteiger partial charge in [-0.05, 0) is 94.9 Å². The van der Waals surface area contributed by atoms with Gasteiger partial charge in [0.25, 0.3) is 0 Å². The van der Waals surface area contributed by atoms with Crippen molar-refractivity contribution in [3.8, 4) is 0 Å². The first kappa shape index (κ1) is 23.8. The SMILES string of the molecule is CC(C)(C)NC(=O)C1CCN(Cc2cccc(NC(=O)C3(c4ccc(Cl)cc4)CC3)c2)CC1. The average molecular weight is 468 g/mol. The maximum atomic E-state index is 13.1. The van der Waals surface area contributed by atoms with Gasteiger partial charge in [0.1, 0.15) is 0 Å². The minimum absolute atomic E-state index is 0.0487. The van der Waals surface area contributed by atoms with E-state index in [1.165, 1.54) is 5.56 Å². The summed E-state index contributed by atoms with van der Waals surface area (Å²) in [6, 6.07) is 15.7. The Kier molecular flexibility index (Phi) is 6.83. The number of halogens is 1. The van der Waals surface area contributed by atoms with Gasteiger partial charge in [-0.3, -0.25) is 14.5 Å². The molecule has 0 unspecified atom stereocenters. The first-order chi connectivity index (χ1) is 15.6. The molecule has 2 aromatic rings. The molecule has 1 saturated heterocycles. The van der Waals surface area contributed by atoms with Crippen molar-refractivity contribution in [3.63, 3.8) is 0 Å². The largest absolute Gasteiger partial charge is 0.351 e. The number of benzene rings is 2. The number of hydrogen-bond donors (Lipinski definition) is 2. The third-order valence-electron chi connectivity index (χ3n) is 6.63. The highest BCUT2D eigenvalue weighted by Crippen LogP contribution is 2.49. The van der Waals surface area contributed by atoms with Crippen LogP contribution in [-0.2, 0) is 21.5 Å². The second kappa shape index (κ2) is 9.47. The van der Waals surface area contributed by atoms with Crippen molar-refractivity contribution in [2.45, 2.75) is 64.0 Å². The molecule has 2 aliphatic rings. The van der Waals surface area contributed by atoms with Crippen molar-refractivity contribution in [1.29, 1.82) is 0 Å². The Morgan fingerprint density at radius 2 is 1.73 bits per heavy atom. The van der Waals surface area contributed by atoms with Gasteiger partial charge in [0.05, 0.1) is 5.41 Å². The van der Waals surface area contributed by atoms with Crippen LogP contribution in [0.2, 0.25) is 5.02 Å². The van der Waals surface area contributed by atoms with Crippen molar-refractivity contribution in [2.75, 3.05) is 18.4 Å². The maximum Gasteiger partial charge on any atom is 0.235 e. The average Bonchev–Trinajstić information content (AvgIpc) is 3.56. The number of carbonyl (C=O) groups excluding carboxylic acids is 2. The lowest BCUT2D eigenvalue weighted by molar-refractivity contribution is -0.128. The smallest absolute Gasteiger partial charge is 0.235 e. The topological polar surface area (TPSA) is 61.4 Å². The summed E-state index contributed by atoms with van der Waals surface area (Å²) in [4.78, 5) is 27.9. The molecule has 2 aromatic carbocycles. The molecular formula is C27H34ClN3O2. The Labute approximate surface area is 201 Å². The molecule has 176 valence electrons. The Bertz CT molecular complexity index is 1000. The molecule has 6 heteroatoms. The Hall–Kier alpha value is -2.37. The predicted molar refractivity (Wildman–Crippen MR) is 133 cm³/mol. The first-order valence-electron chi connectivity index (χ1n) is 11.9. The molecule has 1 aliphatic carbocycles. The molecule has 0 atom stereocenters. The summed E-state index contributed by atoms with van der Waals surface area (Å²) in [6.07, 6.45) is 3.47. The van der Waals surface area contributed by atoms with E-state index in [1.54, 1.807) is 0 Å². The fraction of sp³-hybridized carbons (Fsp3) is 0.481. The summed E-state index contributed by atoms with van der Waals surface area (Å²) in [5.74, 6) is 0.308. The molecule has 0 radical (unpaired) electrons. The van der Waals surface area contributed by atoms with Gasteiger partial charge in [-0.25, -0.2) is 0 Å². The summed E-state index contributed by atoms with van der Waals surface area (Å²) in [7, 11) is 0. The van der Waals surface area contributed by atoms with Crippen LogP contribution in [0.3, 0.4) is 0 Å². The molecule has 5 nitrogen and oxygen atoms in total. The van der Waals surface area contributed by atoms with E-state index in [1.807, 2.05) is 57.2 Å². The number of amides is 2. The number of carbonyl (C=O) groups is 2. The van der Waals surface area contributed by atoms with Crippen molar-refractivity contribution in [3.05, 3.63) is 64.7 Å². The van der Waals surface area contributed by atoms with Gasteiger partial charge in [0, 0.05) is 28.7 Å². The summed E-state index contributed by atoms with van der Waals surface area (Å²) >= 11 is 6.01. The molecule has 2 amide bonds. The number of likely N-dealkylation sites (tertiary alicyclic amines) is 1. The summed E-state index contributed by atoms with van der Waals surface area (Å²) < 4.78 is 0. The lowest BCUT2D eigenvalue weighted by Crippen LogP contribution is -2.46. The molecule has 33 heavy (non-hydrogen) atoms. The fourth-order valence-electron chi connectivity index (χ4n) is 4.62. The van der Waals surface area contributed by atoms with E-state index >= 15 is 0 Å². The number of rotatable bonds is 6. The molecular weight excluding hydrogens is 434 g/mol. The molecule has 0 spiro atoms. The van der Waals surface area contributed by atoms with Crippen LogP contribution in [0.4, 0.5) is 5.69 Å². The van der Waals surface area contributed by atoms with Gasteiger partial charge in [0.15, 0.2) is 0 Å². The van der Waals surface area contributed by atoms with Gasteiger partial charge < -0.3 is 10.6 Å². The molecule has 1 saturated carbocycles. The molecule has 1 heterocycles. The number of hydrogen-bond acceptors (Lipinski definition) is 3. The second-order valence-electron chi connectivity index (χ2n) is 10.5. The van der Waals surface area contributed by atoms with Crippen molar-refractivity contribution in [2.24, 2.45) is 5.92 Å². The third-order valence-corrected chi connectivity index (χ3v) is 6.88. The Morgan fingerprint density at radius 3 is 2.33 bits per heavy atom. The summed E-state index contributed by atoms with van der Waals surface area (Å²) in [6.45, 7) is 8.68. The van der Waals surface area contributed by atoms with Crippen molar-refractivity contribution in [1.82, 2.24) is 10.2 Å². The maximum absolute atomic E-state index is 13.1. The van der Waals surface area contributed by atoms with Crippen LogP contribution in [0.25, 0.3) is 0 Å². The van der Waals surface area contributed by atoms with Gasteiger partial charge in [0.2, 0.25) is 11.8 Å². The highest BCUT2D eigenvalue weighted by atomic mass is 35.5. The quantitative estimate of drug-likeness (QED) is 0.618. The van der Waals surface area contributed by atoms with E-state index in [0.29, 0.717) is 5.02 Å². The van der Waals surface area contributed by atoms with Gasteiger partial charge in [-0.2, -0.15) is 0 Å². The Morgan fingerprint density at radius 1 is 1.06 bits per heavy atom.